The second-order valence-corrected chi connectivity index (χ2v) is 12.3. The summed E-state index contributed by atoms with van der Waals surface area (Å²) < 4.78 is 67.0. The lowest BCUT2D eigenvalue weighted by molar-refractivity contribution is -0.138. The molecule has 0 aliphatic carbocycles. The first-order valence-electron chi connectivity index (χ1n) is 11.5. The molecule has 2 N–H and O–H groups in total. The van der Waals surface area contributed by atoms with Crippen molar-refractivity contribution in [3.05, 3.63) is 65.7 Å². The number of amides is 1. The lowest BCUT2D eigenvalue weighted by atomic mass is 9.88. The molecule has 1 aliphatic rings. The first kappa shape index (κ1) is 28.1. The van der Waals surface area contributed by atoms with Crippen LogP contribution >= 0.6 is 0 Å². The van der Waals surface area contributed by atoms with E-state index in [2.05, 4.69) is 4.72 Å². The number of methoxy groups -OCH3 is 1. The Labute approximate surface area is 213 Å². The second-order valence-electron chi connectivity index (χ2n) is 9.10. The maximum Gasteiger partial charge on any atom is 0.267 e. The zero-order valence-corrected chi connectivity index (χ0v) is 22.3. The van der Waals surface area contributed by atoms with Crippen LogP contribution in [0.15, 0.2) is 54.6 Å². The Morgan fingerprint density at radius 3 is 2.31 bits per heavy atom. The molecular formula is C24H33N3O7S2. The zero-order valence-electron chi connectivity index (χ0n) is 20.6. The number of nitrogens with one attached hydrogen (secondary N) is 1. The van der Waals surface area contributed by atoms with E-state index in [9.17, 15) is 26.2 Å². The van der Waals surface area contributed by atoms with Crippen molar-refractivity contribution < 1.29 is 30.9 Å². The van der Waals surface area contributed by atoms with Gasteiger partial charge in [0.05, 0.1) is 18.9 Å². The molecule has 3 rings (SSSR count). The van der Waals surface area contributed by atoms with E-state index in [-0.39, 0.29) is 6.54 Å². The molecular weight excluding hydrogens is 506 g/mol. The van der Waals surface area contributed by atoms with Crippen LogP contribution in [-0.4, -0.2) is 82.9 Å². The smallest absolute Gasteiger partial charge is 0.267 e. The zero-order chi connectivity index (χ0) is 26.6. The molecule has 1 unspecified atom stereocenters. The molecule has 2 atom stereocenters. The van der Waals surface area contributed by atoms with Crippen LogP contribution in [0, 0.1) is 0 Å². The third-order valence-corrected chi connectivity index (χ3v) is 7.90. The maximum atomic E-state index is 14.0. The van der Waals surface area contributed by atoms with Gasteiger partial charge in [0.25, 0.3) is 10.1 Å². The molecule has 1 saturated heterocycles. The summed E-state index contributed by atoms with van der Waals surface area (Å²) in [7, 11) is -5.51. The Bertz CT molecular complexity index is 1260. The number of hydrogen-bond donors (Lipinski definition) is 2. The van der Waals surface area contributed by atoms with Crippen molar-refractivity contribution in [3.8, 4) is 5.75 Å². The molecule has 1 amide bonds. The van der Waals surface area contributed by atoms with Crippen molar-refractivity contribution >= 4 is 26.0 Å². The van der Waals surface area contributed by atoms with Gasteiger partial charge in [0.15, 0.2) is 0 Å². The van der Waals surface area contributed by atoms with Gasteiger partial charge in [0.2, 0.25) is 15.9 Å². The van der Waals surface area contributed by atoms with E-state index >= 15 is 0 Å². The molecule has 1 fully saturated rings. The first-order valence-corrected chi connectivity index (χ1v) is 15.0. The Morgan fingerprint density at radius 1 is 1.11 bits per heavy atom. The van der Waals surface area contributed by atoms with Crippen LogP contribution in [0.4, 0.5) is 0 Å². The summed E-state index contributed by atoms with van der Waals surface area (Å²) in [5, 5.41) is 0. The average Bonchev–Trinajstić information content (AvgIpc) is 3.33. The highest BCUT2D eigenvalue weighted by atomic mass is 32.2. The second kappa shape index (κ2) is 11.3. The van der Waals surface area contributed by atoms with Crippen molar-refractivity contribution in [2.45, 2.75) is 24.4 Å². The lowest BCUT2D eigenvalue weighted by Crippen LogP contribution is -2.59. The summed E-state index contributed by atoms with van der Waals surface area (Å²) in [5.41, 5.74) is -0.712. The number of ether oxygens (including phenoxy) is 1. The van der Waals surface area contributed by atoms with Crippen LogP contribution in [0.25, 0.3) is 0 Å². The van der Waals surface area contributed by atoms with Crippen molar-refractivity contribution in [3.63, 3.8) is 0 Å². The third-order valence-electron chi connectivity index (χ3n) is 6.40. The first-order chi connectivity index (χ1) is 16.8. The molecule has 36 heavy (non-hydrogen) atoms. The third kappa shape index (κ3) is 7.04. The van der Waals surface area contributed by atoms with Crippen molar-refractivity contribution in [2.24, 2.45) is 0 Å². The van der Waals surface area contributed by atoms with Crippen LogP contribution in [-0.2, 0) is 30.5 Å². The summed E-state index contributed by atoms with van der Waals surface area (Å²) in [6.07, 6.45) is 2.79. The van der Waals surface area contributed by atoms with Crippen molar-refractivity contribution in [1.82, 2.24) is 14.5 Å². The van der Waals surface area contributed by atoms with E-state index in [1.807, 2.05) is 4.90 Å². The number of nitrogens with zero attached hydrogens (tertiary/aromatic N) is 2. The molecule has 0 aromatic heterocycles. The van der Waals surface area contributed by atoms with Crippen LogP contribution in [0.2, 0.25) is 0 Å². The van der Waals surface area contributed by atoms with Gasteiger partial charge < -0.3 is 14.5 Å². The minimum Gasteiger partial charge on any atom is -0.497 e. The van der Waals surface area contributed by atoms with Gasteiger partial charge in [0.1, 0.15) is 17.5 Å². The molecule has 0 bridgehead atoms. The van der Waals surface area contributed by atoms with Crippen LogP contribution in [0.3, 0.4) is 0 Å². The van der Waals surface area contributed by atoms with E-state index in [1.165, 1.54) is 19.1 Å². The Hall–Kier alpha value is -2.51. The Kier molecular flexibility index (Phi) is 8.78. The highest BCUT2D eigenvalue weighted by molar-refractivity contribution is 7.88. The van der Waals surface area contributed by atoms with E-state index in [0.717, 1.165) is 19.1 Å². The number of rotatable bonds is 11. The molecule has 2 aromatic rings. The average molecular weight is 540 g/mol. The fourth-order valence-electron chi connectivity index (χ4n) is 4.67. The van der Waals surface area contributed by atoms with E-state index in [0.29, 0.717) is 30.0 Å². The van der Waals surface area contributed by atoms with Crippen LogP contribution in [0.1, 0.15) is 30.0 Å². The van der Waals surface area contributed by atoms with Crippen molar-refractivity contribution in [1.29, 1.82) is 0 Å². The predicted octanol–water partition coefficient (Wildman–Crippen LogP) is 1.62. The summed E-state index contributed by atoms with van der Waals surface area (Å²) >= 11 is 0. The number of likely N-dealkylation sites (N-methyl/N-ethyl adjacent to an activating group) is 1. The quantitative estimate of drug-likeness (QED) is 0.412. The predicted molar refractivity (Wildman–Crippen MR) is 137 cm³/mol. The highest BCUT2D eigenvalue weighted by Crippen LogP contribution is 2.35. The lowest BCUT2D eigenvalue weighted by Gasteiger charge is -2.45. The highest BCUT2D eigenvalue weighted by Gasteiger charge is 2.46. The monoisotopic (exact) mass is 539 g/mol. The summed E-state index contributed by atoms with van der Waals surface area (Å²) in [6.45, 7) is 1.51. The maximum absolute atomic E-state index is 14.0. The van der Waals surface area contributed by atoms with Crippen LogP contribution < -0.4 is 9.46 Å². The summed E-state index contributed by atoms with van der Waals surface area (Å²) in [4.78, 5) is 17.3. The van der Waals surface area contributed by atoms with Gasteiger partial charge >= 0.3 is 0 Å². The normalized spacial score (nSPS) is 17.3. The Morgan fingerprint density at radius 2 is 1.75 bits per heavy atom. The number of sulfonamides is 1. The molecule has 0 saturated carbocycles. The minimum absolute atomic E-state index is 0.114. The molecule has 0 radical (unpaired) electrons. The van der Waals surface area contributed by atoms with E-state index in [1.54, 1.807) is 54.6 Å². The molecule has 198 valence electrons. The SMILES string of the molecule is COc1cccc([C@](CN2CCCC2)(CS(=O)(=O)O)N(C)C(=O)C(NS(C)(=O)=O)c2ccccc2)c1. The fourth-order valence-corrected chi connectivity index (χ4v) is 6.39. The standard InChI is InChI=1S/C24H33N3O7S2/c1-26(23(28)22(25-35(3,29)30)19-10-5-4-6-11-19)24(18-36(31,32)33,17-27-14-7-8-15-27)20-12-9-13-21(16-20)34-2/h4-6,9-13,16,22,25H,7-8,14-15,17-18H2,1-3H3,(H,31,32,33)/t22?,24-/m0/s1. The molecule has 0 spiro atoms. The van der Waals surface area contributed by atoms with Gasteiger partial charge in [-0.1, -0.05) is 42.5 Å². The van der Waals surface area contributed by atoms with Crippen LogP contribution in [0.5, 0.6) is 5.75 Å². The topological polar surface area (TPSA) is 133 Å². The van der Waals surface area contributed by atoms with E-state index in [4.69, 9.17) is 4.74 Å². The molecule has 12 heteroatoms. The number of benzene rings is 2. The van der Waals surface area contributed by atoms with Gasteiger partial charge in [-0.05, 0) is 49.2 Å². The molecule has 1 aliphatic heterocycles. The number of carbonyl (C=O) groups is 1. The van der Waals surface area contributed by atoms with Gasteiger partial charge in [0, 0.05) is 13.6 Å². The number of hydrogen-bond acceptors (Lipinski definition) is 7. The molecule has 10 nitrogen and oxygen atoms in total. The minimum atomic E-state index is -4.60. The van der Waals surface area contributed by atoms with Gasteiger partial charge in [-0.15, -0.1) is 0 Å². The van der Waals surface area contributed by atoms with Gasteiger partial charge in [-0.3, -0.25) is 9.35 Å². The number of carbonyl (C=O) groups excluding carboxylic acids is 1. The molecule has 2 aromatic carbocycles. The molecule has 1 heterocycles. The summed E-state index contributed by atoms with van der Waals surface area (Å²) in [5.74, 6) is -1.01. The summed E-state index contributed by atoms with van der Waals surface area (Å²) in [6, 6.07) is 13.7. The Balaban J connectivity index is 2.19. The van der Waals surface area contributed by atoms with Gasteiger partial charge in [-0.2, -0.15) is 13.1 Å². The van der Waals surface area contributed by atoms with Gasteiger partial charge in [-0.25, -0.2) is 8.42 Å². The van der Waals surface area contributed by atoms with E-state index < -0.39 is 43.4 Å². The largest absolute Gasteiger partial charge is 0.497 e. The van der Waals surface area contributed by atoms with Crippen molar-refractivity contribution in [2.75, 3.05) is 45.8 Å². The fraction of sp³-hybridized carbons (Fsp3) is 0.458. The number of likely N-dealkylation sites (tertiary alicyclic amines) is 1.